The predicted molar refractivity (Wildman–Crippen MR) is 71.2 cm³/mol. The van der Waals surface area contributed by atoms with Gasteiger partial charge in [0.25, 0.3) is 0 Å². The summed E-state index contributed by atoms with van der Waals surface area (Å²) in [4.78, 5) is 6.87. The van der Waals surface area contributed by atoms with Crippen LogP contribution in [0.3, 0.4) is 0 Å². The smallest absolute Gasteiger partial charge is 0.0897 e. The minimum absolute atomic E-state index is 1.03. The molecule has 0 spiro atoms. The number of aryl methyl sites for hydroxylation is 1. The Morgan fingerprint density at radius 3 is 2.62 bits per heavy atom. The first-order valence-corrected chi connectivity index (χ1v) is 6.98. The van der Waals surface area contributed by atoms with E-state index in [4.69, 9.17) is 0 Å². The van der Waals surface area contributed by atoms with Gasteiger partial charge < -0.3 is 10.2 Å². The van der Waals surface area contributed by atoms with Gasteiger partial charge in [0.1, 0.15) is 0 Å². The molecule has 0 amide bonds. The van der Waals surface area contributed by atoms with Gasteiger partial charge in [-0.3, -0.25) is 0 Å². The first-order valence-electron chi connectivity index (χ1n) is 6.10. The van der Waals surface area contributed by atoms with Crippen molar-refractivity contribution in [3.8, 4) is 0 Å². The van der Waals surface area contributed by atoms with E-state index >= 15 is 0 Å². The molecule has 16 heavy (non-hydrogen) atoms. The first kappa shape index (κ1) is 13.6. The average Bonchev–Trinajstić information content (AvgIpc) is 2.70. The lowest BCUT2D eigenvalue weighted by atomic mass is 10.3. The second-order valence-corrected chi connectivity index (χ2v) is 4.95. The molecule has 3 nitrogen and oxygen atoms in total. The first-order chi connectivity index (χ1) is 7.76. The zero-order valence-corrected chi connectivity index (χ0v) is 11.4. The lowest BCUT2D eigenvalue weighted by Gasteiger charge is -2.17. The molecule has 1 heterocycles. The van der Waals surface area contributed by atoms with Gasteiger partial charge in [-0.1, -0.05) is 13.8 Å². The fourth-order valence-corrected chi connectivity index (χ4v) is 2.29. The molecular formula is C12H23N3S. The van der Waals surface area contributed by atoms with E-state index in [0.717, 1.165) is 44.2 Å². The molecule has 0 aliphatic carbocycles. The summed E-state index contributed by atoms with van der Waals surface area (Å²) in [7, 11) is 0. The molecular weight excluding hydrogens is 218 g/mol. The normalized spacial score (nSPS) is 11.2. The van der Waals surface area contributed by atoms with Crippen molar-refractivity contribution in [1.82, 2.24) is 15.2 Å². The molecule has 0 bridgehead atoms. The van der Waals surface area contributed by atoms with Crippen LogP contribution in [0.1, 0.15) is 24.5 Å². The largest absolute Gasteiger partial charge is 0.315 e. The standard InChI is InChI=1S/C12H23N3S/c1-4-15(5-2)9-8-13-7-6-12-10-16-11(3)14-12/h10,13H,4-9H2,1-3H3. The fourth-order valence-electron chi connectivity index (χ4n) is 1.64. The van der Waals surface area contributed by atoms with Crippen molar-refractivity contribution in [2.75, 3.05) is 32.7 Å². The summed E-state index contributed by atoms with van der Waals surface area (Å²) in [6, 6.07) is 0. The fraction of sp³-hybridized carbons (Fsp3) is 0.750. The van der Waals surface area contributed by atoms with E-state index in [2.05, 4.69) is 41.4 Å². The monoisotopic (exact) mass is 241 g/mol. The van der Waals surface area contributed by atoms with Crippen molar-refractivity contribution in [3.63, 3.8) is 0 Å². The van der Waals surface area contributed by atoms with E-state index < -0.39 is 0 Å². The molecule has 0 aliphatic rings. The molecule has 92 valence electrons. The third kappa shape index (κ3) is 5.05. The van der Waals surface area contributed by atoms with E-state index in [0.29, 0.717) is 0 Å². The number of nitrogens with one attached hydrogen (secondary N) is 1. The van der Waals surface area contributed by atoms with Crippen molar-refractivity contribution < 1.29 is 0 Å². The third-order valence-corrected chi connectivity index (χ3v) is 3.55. The number of hydrogen-bond donors (Lipinski definition) is 1. The van der Waals surface area contributed by atoms with Gasteiger partial charge in [0.15, 0.2) is 0 Å². The minimum atomic E-state index is 1.03. The SMILES string of the molecule is CCN(CC)CCNCCc1csc(C)n1. The van der Waals surface area contributed by atoms with Gasteiger partial charge in [0.05, 0.1) is 10.7 Å². The summed E-state index contributed by atoms with van der Waals surface area (Å²) >= 11 is 1.73. The Morgan fingerprint density at radius 1 is 1.31 bits per heavy atom. The molecule has 1 aromatic heterocycles. The lowest BCUT2D eigenvalue weighted by molar-refractivity contribution is 0.303. The highest BCUT2D eigenvalue weighted by atomic mass is 32.1. The molecule has 0 radical (unpaired) electrons. The molecule has 0 aliphatic heterocycles. The summed E-state index contributed by atoms with van der Waals surface area (Å²) in [5.74, 6) is 0. The minimum Gasteiger partial charge on any atom is -0.315 e. The Labute approximate surface area is 103 Å². The number of thiazole rings is 1. The van der Waals surface area contributed by atoms with Crippen LogP contribution in [0.2, 0.25) is 0 Å². The number of likely N-dealkylation sites (N-methyl/N-ethyl adjacent to an activating group) is 1. The topological polar surface area (TPSA) is 28.2 Å². The van der Waals surface area contributed by atoms with Crippen LogP contribution in [0.25, 0.3) is 0 Å². The molecule has 1 aromatic rings. The van der Waals surface area contributed by atoms with E-state index in [9.17, 15) is 0 Å². The van der Waals surface area contributed by atoms with Crippen molar-refractivity contribution in [1.29, 1.82) is 0 Å². The van der Waals surface area contributed by atoms with Crippen LogP contribution in [0.15, 0.2) is 5.38 Å². The predicted octanol–water partition coefficient (Wildman–Crippen LogP) is 1.93. The Morgan fingerprint density at radius 2 is 2.06 bits per heavy atom. The second-order valence-electron chi connectivity index (χ2n) is 3.88. The number of rotatable bonds is 8. The maximum Gasteiger partial charge on any atom is 0.0897 e. The van der Waals surface area contributed by atoms with E-state index in [1.54, 1.807) is 11.3 Å². The maximum atomic E-state index is 4.44. The Balaban J connectivity index is 2.04. The van der Waals surface area contributed by atoms with E-state index in [1.165, 1.54) is 5.69 Å². The summed E-state index contributed by atoms with van der Waals surface area (Å²) in [5.41, 5.74) is 1.22. The summed E-state index contributed by atoms with van der Waals surface area (Å²) in [6.45, 7) is 12.0. The van der Waals surface area contributed by atoms with Crippen LogP contribution in [0.5, 0.6) is 0 Å². The Bertz CT molecular complexity index is 282. The average molecular weight is 241 g/mol. The zero-order chi connectivity index (χ0) is 11.8. The van der Waals surface area contributed by atoms with E-state index in [-0.39, 0.29) is 0 Å². The number of hydrogen-bond acceptors (Lipinski definition) is 4. The van der Waals surface area contributed by atoms with Crippen molar-refractivity contribution in [2.24, 2.45) is 0 Å². The van der Waals surface area contributed by atoms with Crippen molar-refractivity contribution in [3.05, 3.63) is 16.1 Å². The molecule has 0 saturated carbocycles. The highest BCUT2D eigenvalue weighted by Crippen LogP contribution is 2.07. The number of nitrogens with zero attached hydrogens (tertiary/aromatic N) is 2. The molecule has 1 N–H and O–H groups in total. The number of aromatic nitrogens is 1. The summed E-state index contributed by atoms with van der Waals surface area (Å²) < 4.78 is 0. The highest BCUT2D eigenvalue weighted by molar-refractivity contribution is 7.09. The van der Waals surface area contributed by atoms with Crippen LogP contribution < -0.4 is 5.32 Å². The van der Waals surface area contributed by atoms with Crippen LogP contribution in [0.4, 0.5) is 0 Å². The van der Waals surface area contributed by atoms with Crippen molar-refractivity contribution >= 4 is 11.3 Å². The van der Waals surface area contributed by atoms with Gasteiger partial charge in [-0.05, 0) is 20.0 Å². The quantitative estimate of drug-likeness (QED) is 0.705. The Kier molecular flexibility index (Phi) is 6.61. The molecule has 0 aromatic carbocycles. The maximum absolute atomic E-state index is 4.44. The highest BCUT2D eigenvalue weighted by Gasteiger charge is 1.99. The van der Waals surface area contributed by atoms with Crippen LogP contribution in [-0.4, -0.2) is 42.6 Å². The molecule has 4 heteroatoms. The van der Waals surface area contributed by atoms with Crippen LogP contribution in [-0.2, 0) is 6.42 Å². The Hall–Kier alpha value is -0.450. The van der Waals surface area contributed by atoms with Gasteiger partial charge in [0.2, 0.25) is 0 Å². The van der Waals surface area contributed by atoms with Crippen LogP contribution >= 0.6 is 11.3 Å². The van der Waals surface area contributed by atoms with Gasteiger partial charge in [-0.25, -0.2) is 4.98 Å². The third-order valence-electron chi connectivity index (χ3n) is 2.72. The molecule has 0 atom stereocenters. The molecule has 0 fully saturated rings. The summed E-state index contributed by atoms with van der Waals surface area (Å²) in [6.07, 6.45) is 1.04. The van der Waals surface area contributed by atoms with Gasteiger partial charge in [0, 0.05) is 31.4 Å². The van der Waals surface area contributed by atoms with Gasteiger partial charge in [-0.15, -0.1) is 11.3 Å². The van der Waals surface area contributed by atoms with Crippen molar-refractivity contribution in [2.45, 2.75) is 27.2 Å². The molecule has 1 rings (SSSR count). The lowest BCUT2D eigenvalue weighted by Crippen LogP contribution is -2.32. The van der Waals surface area contributed by atoms with Gasteiger partial charge in [-0.2, -0.15) is 0 Å². The molecule has 0 saturated heterocycles. The summed E-state index contributed by atoms with van der Waals surface area (Å²) in [5, 5.41) is 6.78. The van der Waals surface area contributed by atoms with Crippen LogP contribution in [0, 0.1) is 6.92 Å². The van der Waals surface area contributed by atoms with E-state index in [1.807, 2.05) is 0 Å². The zero-order valence-electron chi connectivity index (χ0n) is 10.6. The van der Waals surface area contributed by atoms with Gasteiger partial charge >= 0.3 is 0 Å². The molecule has 0 unspecified atom stereocenters. The second kappa shape index (κ2) is 7.76.